The lowest BCUT2D eigenvalue weighted by Crippen LogP contribution is -2.18. The van der Waals surface area contributed by atoms with Gasteiger partial charge < -0.3 is 15.4 Å². The van der Waals surface area contributed by atoms with Crippen molar-refractivity contribution in [3.05, 3.63) is 88.4 Å². The predicted molar refractivity (Wildman–Crippen MR) is 109 cm³/mol. The largest absolute Gasteiger partial charge is 0.497 e. The van der Waals surface area contributed by atoms with E-state index in [9.17, 15) is 9.59 Å². The fourth-order valence-electron chi connectivity index (χ4n) is 2.49. The second-order valence-corrected chi connectivity index (χ2v) is 6.61. The van der Waals surface area contributed by atoms with Crippen LogP contribution in [0.1, 0.15) is 20.7 Å². The van der Waals surface area contributed by atoms with Gasteiger partial charge in [-0.2, -0.15) is 0 Å². The Balaban J connectivity index is 1.78. The molecule has 3 aromatic carbocycles. The minimum absolute atomic E-state index is 0.305. The van der Waals surface area contributed by atoms with Gasteiger partial charge in [-0.3, -0.25) is 9.59 Å². The van der Waals surface area contributed by atoms with Crippen molar-refractivity contribution in [2.75, 3.05) is 17.7 Å². The van der Waals surface area contributed by atoms with Crippen molar-refractivity contribution in [3.63, 3.8) is 0 Å². The normalized spacial score (nSPS) is 10.1. The van der Waals surface area contributed by atoms with Crippen LogP contribution in [0.2, 0.25) is 0 Å². The first kappa shape index (κ1) is 18.7. The summed E-state index contributed by atoms with van der Waals surface area (Å²) in [4.78, 5) is 25.2. The van der Waals surface area contributed by atoms with Crippen LogP contribution >= 0.6 is 15.9 Å². The third-order valence-electron chi connectivity index (χ3n) is 3.85. The molecule has 3 rings (SSSR count). The number of ether oxygens (including phenoxy) is 1. The maximum atomic E-state index is 12.7. The maximum absolute atomic E-state index is 12.7. The van der Waals surface area contributed by atoms with Crippen LogP contribution in [-0.2, 0) is 0 Å². The molecule has 6 heteroatoms. The zero-order valence-corrected chi connectivity index (χ0v) is 16.1. The zero-order valence-electron chi connectivity index (χ0n) is 14.5. The maximum Gasteiger partial charge on any atom is 0.257 e. The summed E-state index contributed by atoms with van der Waals surface area (Å²) in [6.07, 6.45) is 0. The molecule has 0 aliphatic carbocycles. The van der Waals surface area contributed by atoms with Crippen LogP contribution in [0, 0.1) is 0 Å². The fourth-order valence-corrected chi connectivity index (χ4v) is 2.89. The summed E-state index contributed by atoms with van der Waals surface area (Å²) in [5, 5.41) is 5.62. The molecule has 0 aliphatic rings. The molecule has 0 saturated heterocycles. The monoisotopic (exact) mass is 424 g/mol. The average Bonchev–Trinajstić information content (AvgIpc) is 2.68. The molecular weight excluding hydrogens is 408 g/mol. The summed E-state index contributed by atoms with van der Waals surface area (Å²) in [7, 11) is 1.56. The number of hydrogen-bond acceptors (Lipinski definition) is 3. The van der Waals surface area contributed by atoms with Crippen molar-refractivity contribution < 1.29 is 14.3 Å². The summed E-state index contributed by atoms with van der Waals surface area (Å²) in [6.45, 7) is 0. The summed E-state index contributed by atoms with van der Waals surface area (Å²) in [5.41, 5.74) is 1.94. The van der Waals surface area contributed by atoms with E-state index in [4.69, 9.17) is 4.74 Å². The van der Waals surface area contributed by atoms with Crippen molar-refractivity contribution in [1.82, 2.24) is 0 Å². The molecule has 0 saturated carbocycles. The van der Waals surface area contributed by atoms with Crippen LogP contribution < -0.4 is 15.4 Å². The Kier molecular flexibility index (Phi) is 5.88. The van der Waals surface area contributed by atoms with Gasteiger partial charge in [0.25, 0.3) is 11.8 Å². The van der Waals surface area contributed by atoms with Crippen LogP contribution in [0.25, 0.3) is 0 Å². The van der Waals surface area contributed by atoms with E-state index in [1.807, 2.05) is 12.1 Å². The number of carbonyl (C=O) groups is 2. The quantitative estimate of drug-likeness (QED) is 0.607. The van der Waals surface area contributed by atoms with E-state index in [0.29, 0.717) is 28.3 Å². The van der Waals surface area contributed by atoms with Gasteiger partial charge in [0.15, 0.2) is 0 Å². The molecule has 0 heterocycles. The van der Waals surface area contributed by atoms with Crippen LogP contribution in [0.5, 0.6) is 5.75 Å². The predicted octanol–water partition coefficient (Wildman–Crippen LogP) is 4.96. The van der Waals surface area contributed by atoms with E-state index in [1.165, 1.54) is 0 Å². The number of methoxy groups -OCH3 is 1. The number of amides is 2. The standard InChI is InChI=1S/C21H17BrN2O3/c1-27-17-11-9-14(10-12-17)20(25)24-19-8-3-2-7-18(19)21(26)23-16-6-4-5-15(22)13-16/h2-13H,1H3,(H,23,26)(H,24,25). The summed E-state index contributed by atoms with van der Waals surface area (Å²) < 4.78 is 5.96. The summed E-state index contributed by atoms with van der Waals surface area (Å²) in [5.74, 6) is 0.0550. The molecule has 136 valence electrons. The van der Waals surface area contributed by atoms with Crippen molar-refractivity contribution in [1.29, 1.82) is 0 Å². The molecule has 0 bridgehead atoms. The third kappa shape index (κ3) is 4.74. The Morgan fingerprint density at radius 2 is 1.59 bits per heavy atom. The lowest BCUT2D eigenvalue weighted by Gasteiger charge is -2.12. The molecule has 0 atom stereocenters. The Hall–Kier alpha value is -3.12. The molecule has 0 aromatic heterocycles. The molecule has 0 aliphatic heterocycles. The van der Waals surface area contributed by atoms with E-state index in [2.05, 4.69) is 26.6 Å². The number of nitrogens with one attached hydrogen (secondary N) is 2. The first-order valence-corrected chi connectivity index (χ1v) is 8.97. The van der Waals surface area contributed by atoms with E-state index < -0.39 is 0 Å². The number of carbonyl (C=O) groups excluding carboxylic acids is 2. The van der Waals surface area contributed by atoms with Gasteiger partial charge in [-0.1, -0.05) is 34.1 Å². The van der Waals surface area contributed by atoms with Crippen molar-refractivity contribution in [2.24, 2.45) is 0 Å². The third-order valence-corrected chi connectivity index (χ3v) is 4.35. The lowest BCUT2D eigenvalue weighted by atomic mass is 10.1. The molecule has 5 nitrogen and oxygen atoms in total. The van der Waals surface area contributed by atoms with Crippen LogP contribution in [-0.4, -0.2) is 18.9 Å². The minimum Gasteiger partial charge on any atom is -0.497 e. The number of para-hydroxylation sites is 1. The highest BCUT2D eigenvalue weighted by atomic mass is 79.9. The fraction of sp³-hybridized carbons (Fsp3) is 0.0476. The second kappa shape index (κ2) is 8.51. The van der Waals surface area contributed by atoms with Crippen molar-refractivity contribution in [2.45, 2.75) is 0 Å². The van der Waals surface area contributed by atoms with Gasteiger partial charge in [-0.25, -0.2) is 0 Å². The second-order valence-electron chi connectivity index (χ2n) is 5.69. The smallest absolute Gasteiger partial charge is 0.257 e. The molecule has 0 unspecified atom stereocenters. The highest BCUT2D eigenvalue weighted by Gasteiger charge is 2.14. The Bertz CT molecular complexity index is 971. The minimum atomic E-state index is -0.307. The lowest BCUT2D eigenvalue weighted by molar-refractivity contribution is 0.102. The van der Waals surface area contributed by atoms with Gasteiger partial charge in [0.1, 0.15) is 5.75 Å². The van der Waals surface area contributed by atoms with Crippen LogP contribution in [0.4, 0.5) is 11.4 Å². The number of benzene rings is 3. The van der Waals surface area contributed by atoms with Crippen molar-refractivity contribution >= 4 is 39.1 Å². The molecule has 0 radical (unpaired) electrons. The number of halogens is 1. The Morgan fingerprint density at radius 1 is 0.852 bits per heavy atom. The molecule has 3 aromatic rings. The zero-order chi connectivity index (χ0) is 19.2. The van der Waals surface area contributed by atoms with Gasteiger partial charge in [-0.15, -0.1) is 0 Å². The molecule has 2 N–H and O–H groups in total. The Labute approximate surface area is 165 Å². The van der Waals surface area contributed by atoms with Gasteiger partial charge in [0.2, 0.25) is 0 Å². The molecule has 0 spiro atoms. The Morgan fingerprint density at radius 3 is 2.30 bits per heavy atom. The first-order chi connectivity index (χ1) is 13.1. The summed E-state index contributed by atoms with van der Waals surface area (Å²) in [6, 6.07) is 20.9. The van der Waals surface area contributed by atoms with Gasteiger partial charge >= 0.3 is 0 Å². The van der Waals surface area contributed by atoms with Gasteiger partial charge in [-0.05, 0) is 54.6 Å². The SMILES string of the molecule is COc1ccc(C(=O)Nc2ccccc2C(=O)Nc2cccc(Br)c2)cc1. The van der Waals surface area contributed by atoms with Crippen LogP contribution in [0.3, 0.4) is 0 Å². The van der Waals surface area contributed by atoms with Crippen LogP contribution in [0.15, 0.2) is 77.3 Å². The van der Waals surface area contributed by atoms with E-state index >= 15 is 0 Å². The number of rotatable bonds is 5. The number of anilines is 2. The first-order valence-electron chi connectivity index (χ1n) is 8.18. The van der Waals surface area contributed by atoms with Crippen molar-refractivity contribution in [3.8, 4) is 5.75 Å². The van der Waals surface area contributed by atoms with E-state index in [1.54, 1.807) is 67.8 Å². The highest BCUT2D eigenvalue weighted by molar-refractivity contribution is 9.10. The number of hydrogen-bond donors (Lipinski definition) is 2. The van der Waals surface area contributed by atoms with E-state index in [0.717, 1.165) is 4.47 Å². The average molecular weight is 425 g/mol. The van der Waals surface area contributed by atoms with E-state index in [-0.39, 0.29) is 11.8 Å². The summed E-state index contributed by atoms with van der Waals surface area (Å²) >= 11 is 3.37. The molecule has 2 amide bonds. The van der Waals surface area contributed by atoms with Gasteiger partial charge in [0, 0.05) is 15.7 Å². The highest BCUT2D eigenvalue weighted by Crippen LogP contribution is 2.21. The molecular formula is C21H17BrN2O3. The molecule has 0 fully saturated rings. The topological polar surface area (TPSA) is 67.4 Å². The van der Waals surface area contributed by atoms with Gasteiger partial charge in [0.05, 0.1) is 18.4 Å². The molecule has 27 heavy (non-hydrogen) atoms.